The predicted octanol–water partition coefficient (Wildman–Crippen LogP) is 2.88. The zero-order chi connectivity index (χ0) is 21.7. The highest BCUT2D eigenvalue weighted by molar-refractivity contribution is 5.91. The van der Waals surface area contributed by atoms with E-state index in [2.05, 4.69) is 10.6 Å². The zero-order valence-electron chi connectivity index (χ0n) is 15.7. The molecule has 156 valence electrons. The third-order valence-corrected chi connectivity index (χ3v) is 4.51. The summed E-state index contributed by atoms with van der Waals surface area (Å²) in [5.74, 6) is 0. The standard InChI is InChI=1S/C18H18N6O6/c25-17(19-13-1-5-15(6-2-13)23(27)28)21-9-11-22(12-10-21)18(26)20-14-3-7-16(8-4-14)24(29)30/h1-8H,9-12H2,(H,19,25)(H,20,26). The molecule has 3 rings (SSSR count). The van der Waals surface area contributed by atoms with Gasteiger partial charge in [-0.2, -0.15) is 0 Å². The topological polar surface area (TPSA) is 151 Å². The second-order valence-corrected chi connectivity index (χ2v) is 6.44. The number of piperazine rings is 1. The van der Waals surface area contributed by atoms with Crippen LogP contribution in [0.2, 0.25) is 0 Å². The van der Waals surface area contributed by atoms with Gasteiger partial charge in [0.15, 0.2) is 0 Å². The van der Waals surface area contributed by atoms with Crippen LogP contribution in [0, 0.1) is 20.2 Å². The fourth-order valence-electron chi connectivity index (χ4n) is 2.85. The van der Waals surface area contributed by atoms with Gasteiger partial charge in [-0.25, -0.2) is 9.59 Å². The highest BCUT2D eigenvalue weighted by atomic mass is 16.6. The minimum atomic E-state index is -0.521. The fourth-order valence-corrected chi connectivity index (χ4v) is 2.85. The predicted molar refractivity (Wildman–Crippen MR) is 107 cm³/mol. The number of non-ortho nitro benzene ring substituents is 2. The fraction of sp³-hybridized carbons (Fsp3) is 0.222. The number of hydrogen-bond acceptors (Lipinski definition) is 6. The molecule has 0 aliphatic carbocycles. The molecular weight excluding hydrogens is 396 g/mol. The molecule has 0 aromatic heterocycles. The lowest BCUT2D eigenvalue weighted by molar-refractivity contribution is -0.385. The first-order chi connectivity index (χ1) is 14.3. The Labute approximate surface area is 170 Å². The molecule has 0 atom stereocenters. The number of hydrogen-bond donors (Lipinski definition) is 2. The van der Waals surface area contributed by atoms with Crippen LogP contribution in [-0.4, -0.2) is 57.9 Å². The first-order valence-electron chi connectivity index (χ1n) is 8.94. The average Bonchev–Trinajstić information content (AvgIpc) is 2.74. The van der Waals surface area contributed by atoms with E-state index in [4.69, 9.17) is 0 Å². The van der Waals surface area contributed by atoms with Crippen molar-refractivity contribution in [3.63, 3.8) is 0 Å². The summed E-state index contributed by atoms with van der Waals surface area (Å²) in [5, 5.41) is 26.7. The highest BCUT2D eigenvalue weighted by Gasteiger charge is 2.24. The van der Waals surface area contributed by atoms with Crippen molar-refractivity contribution in [2.45, 2.75) is 0 Å². The second-order valence-electron chi connectivity index (χ2n) is 6.44. The quantitative estimate of drug-likeness (QED) is 0.580. The maximum absolute atomic E-state index is 12.3. The smallest absolute Gasteiger partial charge is 0.321 e. The van der Waals surface area contributed by atoms with Crippen LogP contribution >= 0.6 is 0 Å². The summed E-state index contributed by atoms with van der Waals surface area (Å²) < 4.78 is 0. The van der Waals surface area contributed by atoms with Crippen LogP contribution < -0.4 is 10.6 Å². The van der Waals surface area contributed by atoms with Crippen LogP contribution in [0.1, 0.15) is 0 Å². The molecule has 12 nitrogen and oxygen atoms in total. The van der Waals surface area contributed by atoms with Gasteiger partial charge in [-0.3, -0.25) is 20.2 Å². The number of rotatable bonds is 4. The number of urea groups is 2. The first kappa shape index (κ1) is 20.5. The Hall–Kier alpha value is -4.22. The number of nitrogens with one attached hydrogen (secondary N) is 2. The Morgan fingerprint density at radius 2 is 0.967 bits per heavy atom. The lowest BCUT2D eigenvalue weighted by Crippen LogP contribution is -2.52. The summed E-state index contributed by atoms with van der Waals surface area (Å²) >= 11 is 0. The van der Waals surface area contributed by atoms with E-state index in [9.17, 15) is 29.8 Å². The van der Waals surface area contributed by atoms with E-state index in [0.29, 0.717) is 37.6 Å². The molecule has 2 aromatic carbocycles. The van der Waals surface area contributed by atoms with Gasteiger partial charge in [0.25, 0.3) is 11.4 Å². The van der Waals surface area contributed by atoms with Gasteiger partial charge in [0.1, 0.15) is 0 Å². The van der Waals surface area contributed by atoms with Crippen LogP contribution in [0.4, 0.5) is 32.3 Å². The summed E-state index contributed by atoms with van der Waals surface area (Å²) in [7, 11) is 0. The molecule has 1 fully saturated rings. The van der Waals surface area contributed by atoms with Crippen molar-refractivity contribution in [2.75, 3.05) is 36.8 Å². The number of amides is 4. The van der Waals surface area contributed by atoms with Gasteiger partial charge in [-0.05, 0) is 24.3 Å². The van der Waals surface area contributed by atoms with Gasteiger partial charge in [-0.15, -0.1) is 0 Å². The summed E-state index contributed by atoms with van der Waals surface area (Å²) in [6.45, 7) is 1.25. The van der Waals surface area contributed by atoms with Crippen molar-refractivity contribution in [3.8, 4) is 0 Å². The second kappa shape index (κ2) is 8.86. The molecule has 0 unspecified atom stereocenters. The Bertz CT molecular complexity index is 875. The lowest BCUT2D eigenvalue weighted by Gasteiger charge is -2.34. The van der Waals surface area contributed by atoms with E-state index in [1.165, 1.54) is 58.3 Å². The molecule has 0 saturated carbocycles. The largest absolute Gasteiger partial charge is 0.321 e. The summed E-state index contributed by atoms with van der Waals surface area (Å²) in [5.41, 5.74) is 0.731. The van der Waals surface area contributed by atoms with E-state index in [1.54, 1.807) is 0 Å². The molecule has 1 saturated heterocycles. The van der Waals surface area contributed by atoms with Crippen LogP contribution in [0.3, 0.4) is 0 Å². The van der Waals surface area contributed by atoms with E-state index >= 15 is 0 Å². The van der Waals surface area contributed by atoms with Gasteiger partial charge in [-0.1, -0.05) is 0 Å². The van der Waals surface area contributed by atoms with Gasteiger partial charge >= 0.3 is 12.1 Å². The maximum Gasteiger partial charge on any atom is 0.321 e. The monoisotopic (exact) mass is 414 g/mol. The van der Waals surface area contributed by atoms with Gasteiger partial charge in [0, 0.05) is 61.8 Å². The molecule has 0 spiro atoms. The SMILES string of the molecule is O=C(Nc1ccc([N+](=O)[O-])cc1)N1CCN(C(=O)Nc2ccc([N+](=O)[O-])cc2)CC1. The van der Waals surface area contributed by atoms with Crippen molar-refractivity contribution in [1.82, 2.24) is 9.80 Å². The van der Waals surface area contributed by atoms with Crippen molar-refractivity contribution in [1.29, 1.82) is 0 Å². The molecule has 30 heavy (non-hydrogen) atoms. The number of carbonyl (C=O) groups excluding carboxylic acids is 2. The maximum atomic E-state index is 12.3. The van der Waals surface area contributed by atoms with Crippen LogP contribution in [-0.2, 0) is 0 Å². The van der Waals surface area contributed by atoms with Gasteiger partial charge in [0.05, 0.1) is 9.85 Å². The Morgan fingerprint density at radius 3 is 1.23 bits per heavy atom. The molecule has 1 aliphatic heterocycles. The molecule has 12 heteroatoms. The van der Waals surface area contributed by atoms with E-state index in [0.717, 1.165) is 0 Å². The molecule has 2 aromatic rings. The lowest BCUT2D eigenvalue weighted by atomic mass is 10.3. The van der Waals surface area contributed by atoms with E-state index < -0.39 is 9.85 Å². The van der Waals surface area contributed by atoms with Gasteiger partial charge in [0.2, 0.25) is 0 Å². The number of anilines is 2. The molecular formula is C18H18N6O6. The number of benzene rings is 2. The van der Waals surface area contributed by atoms with Crippen LogP contribution in [0.25, 0.3) is 0 Å². The van der Waals surface area contributed by atoms with Crippen molar-refractivity contribution in [2.24, 2.45) is 0 Å². The molecule has 0 radical (unpaired) electrons. The Morgan fingerprint density at radius 1 is 0.667 bits per heavy atom. The first-order valence-corrected chi connectivity index (χ1v) is 8.94. The Kier molecular flexibility index (Phi) is 6.05. The van der Waals surface area contributed by atoms with Gasteiger partial charge < -0.3 is 20.4 Å². The number of nitro groups is 2. The minimum absolute atomic E-state index is 0.0688. The summed E-state index contributed by atoms with van der Waals surface area (Å²) in [6, 6.07) is 10.3. The van der Waals surface area contributed by atoms with E-state index in [1.807, 2.05) is 0 Å². The Balaban J connectivity index is 1.48. The molecule has 2 N–H and O–H groups in total. The number of nitro benzene ring substituents is 2. The highest BCUT2D eigenvalue weighted by Crippen LogP contribution is 2.18. The molecule has 0 bridgehead atoms. The third-order valence-electron chi connectivity index (χ3n) is 4.51. The van der Waals surface area contributed by atoms with Crippen molar-refractivity contribution >= 4 is 34.8 Å². The third kappa shape index (κ3) is 4.98. The molecule has 1 aliphatic rings. The number of carbonyl (C=O) groups is 2. The van der Waals surface area contributed by atoms with E-state index in [-0.39, 0.29) is 23.4 Å². The number of nitrogens with zero attached hydrogens (tertiary/aromatic N) is 4. The normalized spacial score (nSPS) is 13.5. The van der Waals surface area contributed by atoms with Crippen LogP contribution in [0.15, 0.2) is 48.5 Å². The molecule has 1 heterocycles. The van der Waals surface area contributed by atoms with Crippen molar-refractivity contribution < 1.29 is 19.4 Å². The minimum Gasteiger partial charge on any atom is -0.321 e. The average molecular weight is 414 g/mol. The van der Waals surface area contributed by atoms with Crippen molar-refractivity contribution in [3.05, 3.63) is 68.8 Å². The zero-order valence-corrected chi connectivity index (χ0v) is 15.7. The molecule has 4 amide bonds. The summed E-state index contributed by atoms with van der Waals surface area (Å²) in [4.78, 5) is 48.1. The van der Waals surface area contributed by atoms with Crippen LogP contribution in [0.5, 0.6) is 0 Å². The summed E-state index contributed by atoms with van der Waals surface area (Å²) in [6.07, 6.45) is 0.